The van der Waals surface area contributed by atoms with Crippen molar-refractivity contribution >= 4 is 17.9 Å². The van der Waals surface area contributed by atoms with Gasteiger partial charge in [0.05, 0.1) is 6.10 Å². The van der Waals surface area contributed by atoms with E-state index in [9.17, 15) is 5.11 Å². The number of carboxylic acids is 3. The molecule has 0 aromatic rings. The maximum atomic E-state index is 9.30. The minimum atomic E-state index is -0.833. The van der Waals surface area contributed by atoms with Crippen molar-refractivity contribution in [3.05, 3.63) is 0 Å². The van der Waals surface area contributed by atoms with Crippen molar-refractivity contribution in [2.24, 2.45) is 5.73 Å². The zero-order valence-corrected chi connectivity index (χ0v) is 14.4. The van der Waals surface area contributed by atoms with E-state index >= 15 is 0 Å². The number of unbranched alkanes of at least 4 members (excludes halogenated alkanes) is 1. The van der Waals surface area contributed by atoms with Crippen molar-refractivity contribution in [2.75, 3.05) is 19.6 Å². The number of nitrogens with two attached hydrogens (primary N) is 1. The average molecular weight is 340 g/mol. The first kappa shape index (κ1) is 29.3. The van der Waals surface area contributed by atoms with Crippen molar-refractivity contribution in [3.8, 4) is 0 Å². The summed E-state index contributed by atoms with van der Waals surface area (Å²) in [4.78, 5) is 27.0. The van der Waals surface area contributed by atoms with Crippen molar-refractivity contribution in [2.45, 2.75) is 53.1 Å². The maximum absolute atomic E-state index is 9.30. The Labute approximate surface area is 137 Å². The van der Waals surface area contributed by atoms with Gasteiger partial charge < -0.3 is 31.5 Å². The number of nitrogens with one attached hydrogen (secondary N) is 1. The molecule has 1 atom stereocenters. The third kappa shape index (κ3) is 128. The van der Waals surface area contributed by atoms with Crippen LogP contribution in [-0.2, 0) is 14.4 Å². The molecular formula is C14H32N2O7. The van der Waals surface area contributed by atoms with Crippen LogP contribution in [-0.4, -0.2) is 64.1 Å². The Morgan fingerprint density at radius 3 is 1.61 bits per heavy atom. The summed E-state index contributed by atoms with van der Waals surface area (Å²) in [5.74, 6) is -2.50. The van der Waals surface area contributed by atoms with Crippen LogP contribution in [0.5, 0.6) is 0 Å². The highest BCUT2D eigenvalue weighted by Crippen LogP contribution is 1.98. The zero-order valence-electron chi connectivity index (χ0n) is 14.4. The highest BCUT2D eigenvalue weighted by atomic mass is 16.4. The number of carboxylic acid groups (broad SMARTS) is 3. The number of hydrogen-bond donors (Lipinski definition) is 6. The zero-order chi connectivity index (χ0) is 19.3. The van der Waals surface area contributed by atoms with Gasteiger partial charge >= 0.3 is 0 Å². The standard InChI is InChI=1S/C8H20N2O.3C2H4O2/c1-2-3-4-8(11)7-10-6-5-9;3*1-2(3)4/h8,10-11H,2-7,9H2,1H3;3*1H3,(H,3,4). The van der Waals surface area contributed by atoms with Crippen LogP contribution < -0.4 is 11.1 Å². The highest BCUT2D eigenvalue weighted by molar-refractivity contribution is 5.63. The van der Waals surface area contributed by atoms with E-state index in [4.69, 9.17) is 35.4 Å². The molecule has 23 heavy (non-hydrogen) atoms. The molecule has 0 amide bonds. The summed E-state index contributed by atoms with van der Waals surface area (Å²) < 4.78 is 0. The molecule has 0 spiro atoms. The number of aliphatic hydroxyl groups is 1. The molecule has 9 heteroatoms. The summed E-state index contributed by atoms with van der Waals surface area (Å²) in [6, 6.07) is 0. The fourth-order valence-electron chi connectivity index (χ4n) is 0.913. The lowest BCUT2D eigenvalue weighted by atomic mass is 10.1. The van der Waals surface area contributed by atoms with Crippen LogP contribution in [0.3, 0.4) is 0 Å². The van der Waals surface area contributed by atoms with E-state index in [1.54, 1.807) is 0 Å². The van der Waals surface area contributed by atoms with Crippen molar-refractivity contribution in [3.63, 3.8) is 0 Å². The molecule has 9 nitrogen and oxygen atoms in total. The number of aliphatic hydroxyl groups excluding tert-OH is 1. The maximum Gasteiger partial charge on any atom is 0.300 e. The predicted octanol–water partition coefficient (Wildman–Crippen LogP) is 0.359. The highest BCUT2D eigenvalue weighted by Gasteiger charge is 2.00. The Balaban J connectivity index is -0.000000124. The van der Waals surface area contributed by atoms with Crippen molar-refractivity contribution in [1.29, 1.82) is 0 Å². The SMILES string of the molecule is CC(=O)O.CC(=O)O.CC(=O)O.CCCCC(O)CNCCN. The van der Waals surface area contributed by atoms with Crippen LogP contribution in [0.25, 0.3) is 0 Å². The topological polar surface area (TPSA) is 170 Å². The van der Waals surface area contributed by atoms with E-state index in [2.05, 4.69) is 12.2 Å². The second-order valence-corrected chi connectivity index (χ2v) is 4.35. The van der Waals surface area contributed by atoms with Crippen molar-refractivity contribution in [1.82, 2.24) is 5.32 Å². The first-order valence-corrected chi connectivity index (χ1v) is 7.18. The summed E-state index contributed by atoms with van der Waals surface area (Å²) in [5.41, 5.74) is 5.27. The van der Waals surface area contributed by atoms with E-state index in [0.29, 0.717) is 13.1 Å². The van der Waals surface area contributed by atoms with Gasteiger partial charge in [-0.2, -0.15) is 0 Å². The third-order valence-electron chi connectivity index (χ3n) is 1.59. The molecule has 0 aliphatic heterocycles. The van der Waals surface area contributed by atoms with Gasteiger partial charge in [0.1, 0.15) is 0 Å². The van der Waals surface area contributed by atoms with Crippen LogP contribution in [0.15, 0.2) is 0 Å². The molecule has 0 fully saturated rings. The van der Waals surface area contributed by atoms with Crippen LogP contribution in [0.1, 0.15) is 47.0 Å². The minimum Gasteiger partial charge on any atom is -0.481 e. The van der Waals surface area contributed by atoms with Gasteiger partial charge in [-0.3, -0.25) is 14.4 Å². The summed E-state index contributed by atoms with van der Waals surface area (Å²) >= 11 is 0. The Bertz CT molecular complexity index is 246. The minimum absolute atomic E-state index is 0.193. The number of carbonyl (C=O) groups is 3. The average Bonchev–Trinajstić information content (AvgIpc) is 2.34. The summed E-state index contributed by atoms with van der Waals surface area (Å²) in [6.07, 6.45) is 2.95. The van der Waals surface area contributed by atoms with Gasteiger partial charge in [-0.1, -0.05) is 19.8 Å². The molecule has 0 aliphatic carbocycles. The van der Waals surface area contributed by atoms with E-state index in [1.165, 1.54) is 0 Å². The molecule has 0 aromatic heterocycles. The lowest BCUT2D eigenvalue weighted by Crippen LogP contribution is -2.30. The van der Waals surface area contributed by atoms with Gasteiger partial charge in [0.15, 0.2) is 0 Å². The molecular weight excluding hydrogens is 308 g/mol. The van der Waals surface area contributed by atoms with Crippen molar-refractivity contribution < 1.29 is 34.8 Å². The first-order valence-electron chi connectivity index (χ1n) is 7.18. The number of rotatable bonds is 7. The van der Waals surface area contributed by atoms with Crippen LogP contribution in [0.4, 0.5) is 0 Å². The Kier molecular flexibility index (Phi) is 32.2. The second-order valence-electron chi connectivity index (χ2n) is 4.35. The lowest BCUT2D eigenvalue weighted by molar-refractivity contribution is -0.135. The quantitative estimate of drug-likeness (QED) is 0.358. The predicted molar refractivity (Wildman–Crippen MR) is 87.4 cm³/mol. The van der Waals surface area contributed by atoms with Gasteiger partial charge in [0.2, 0.25) is 0 Å². The third-order valence-corrected chi connectivity index (χ3v) is 1.59. The van der Waals surface area contributed by atoms with Gasteiger partial charge in [0.25, 0.3) is 17.9 Å². The van der Waals surface area contributed by atoms with Crippen LogP contribution in [0, 0.1) is 0 Å². The fraction of sp³-hybridized carbons (Fsp3) is 0.786. The number of aliphatic carboxylic acids is 3. The van der Waals surface area contributed by atoms with Crippen LogP contribution >= 0.6 is 0 Å². The van der Waals surface area contributed by atoms with E-state index in [-0.39, 0.29) is 6.10 Å². The number of hydrogen-bond acceptors (Lipinski definition) is 6. The second kappa shape index (κ2) is 25.3. The normalized spacial score (nSPS) is 9.65. The summed E-state index contributed by atoms with van der Waals surface area (Å²) in [6.45, 7) is 7.49. The molecule has 0 bridgehead atoms. The molecule has 0 aliphatic rings. The van der Waals surface area contributed by atoms with Crippen LogP contribution in [0.2, 0.25) is 0 Å². The molecule has 1 unspecified atom stereocenters. The fourth-order valence-corrected chi connectivity index (χ4v) is 0.913. The van der Waals surface area contributed by atoms with E-state index < -0.39 is 17.9 Å². The lowest BCUT2D eigenvalue weighted by Gasteiger charge is -2.09. The van der Waals surface area contributed by atoms with Gasteiger partial charge in [-0.05, 0) is 6.42 Å². The largest absolute Gasteiger partial charge is 0.481 e. The Hall–Kier alpha value is -1.71. The molecule has 0 heterocycles. The molecule has 0 saturated heterocycles. The molecule has 0 radical (unpaired) electrons. The first-order chi connectivity index (χ1) is 10.5. The molecule has 0 rings (SSSR count). The van der Waals surface area contributed by atoms with E-state index in [0.717, 1.165) is 46.6 Å². The molecule has 140 valence electrons. The van der Waals surface area contributed by atoms with Gasteiger partial charge in [-0.25, -0.2) is 0 Å². The molecule has 0 saturated carbocycles. The van der Waals surface area contributed by atoms with Gasteiger partial charge in [0, 0.05) is 40.4 Å². The van der Waals surface area contributed by atoms with E-state index in [1.807, 2.05) is 0 Å². The van der Waals surface area contributed by atoms with Gasteiger partial charge in [-0.15, -0.1) is 0 Å². The Morgan fingerprint density at radius 2 is 1.35 bits per heavy atom. The molecule has 7 N–H and O–H groups in total. The summed E-state index contributed by atoms with van der Waals surface area (Å²) in [7, 11) is 0. The smallest absolute Gasteiger partial charge is 0.300 e. The monoisotopic (exact) mass is 340 g/mol. The summed E-state index contributed by atoms with van der Waals surface area (Å²) in [5, 5.41) is 34.6. The Morgan fingerprint density at radius 1 is 1.00 bits per heavy atom. The molecule has 0 aromatic carbocycles.